The van der Waals surface area contributed by atoms with E-state index in [1.165, 1.54) is 11.3 Å². The van der Waals surface area contributed by atoms with E-state index >= 15 is 0 Å². The second-order valence-corrected chi connectivity index (χ2v) is 6.25. The van der Waals surface area contributed by atoms with Gasteiger partial charge in [-0.25, -0.2) is 9.78 Å². The van der Waals surface area contributed by atoms with Gasteiger partial charge in [0.2, 0.25) is 0 Å². The lowest BCUT2D eigenvalue weighted by atomic mass is 10.1. The molecule has 7 heteroatoms. The van der Waals surface area contributed by atoms with Crippen molar-refractivity contribution in [2.45, 2.75) is 0 Å². The molecule has 0 saturated carbocycles. The van der Waals surface area contributed by atoms with Gasteiger partial charge in [0, 0.05) is 17.6 Å². The van der Waals surface area contributed by atoms with Crippen LogP contribution < -0.4 is 10.6 Å². The van der Waals surface area contributed by atoms with Crippen molar-refractivity contribution in [1.82, 2.24) is 4.98 Å². The van der Waals surface area contributed by atoms with Gasteiger partial charge in [-0.15, -0.1) is 17.9 Å². The van der Waals surface area contributed by atoms with Gasteiger partial charge in [-0.05, 0) is 22.9 Å². The predicted molar refractivity (Wildman–Crippen MR) is 104 cm³/mol. The highest BCUT2D eigenvalue weighted by Crippen LogP contribution is 2.19. The Morgan fingerprint density at radius 2 is 2.00 bits per heavy atom. The highest BCUT2D eigenvalue weighted by atomic mass is 32.1. The van der Waals surface area contributed by atoms with Gasteiger partial charge in [0.25, 0.3) is 5.91 Å². The maximum Gasteiger partial charge on any atom is 0.358 e. The minimum atomic E-state index is -0.637. The predicted octanol–water partition coefficient (Wildman–Crippen LogP) is 3.69. The molecule has 1 heterocycles. The van der Waals surface area contributed by atoms with Gasteiger partial charge in [-0.2, -0.15) is 0 Å². The quantitative estimate of drug-likeness (QED) is 0.492. The Morgan fingerprint density at radius 1 is 1.19 bits per heavy atom. The van der Waals surface area contributed by atoms with E-state index < -0.39 is 11.9 Å². The molecule has 2 aromatic carbocycles. The summed E-state index contributed by atoms with van der Waals surface area (Å²) in [7, 11) is 0. The molecule has 132 valence electrons. The van der Waals surface area contributed by atoms with Crippen LogP contribution in [0.15, 0.2) is 60.5 Å². The smallest absolute Gasteiger partial charge is 0.358 e. The Balaban J connectivity index is 1.53. The Labute approximate surface area is 154 Å². The molecule has 0 atom stereocenters. The number of fused-ring (bicyclic) bond motifs is 1. The van der Waals surface area contributed by atoms with E-state index in [1.54, 1.807) is 17.5 Å². The van der Waals surface area contributed by atoms with Gasteiger partial charge >= 0.3 is 5.97 Å². The number of nitrogens with one attached hydrogen (secondary N) is 2. The molecule has 0 aliphatic heterocycles. The molecule has 0 aliphatic rings. The number of thiazole rings is 1. The highest BCUT2D eigenvalue weighted by Gasteiger charge is 2.14. The van der Waals surface area contributed by atoms with Crippen LogP contribution in [0.1, 0.15) is 10.5 Å². The fourth-order valence-electron chi connectivity index (χ4n) is 2.28. The summed E-state index contributed by atoms with van der Waals surface area (Å²) in [6, 6.07) is 13.4. The van der Waals surface area contributed by atoms with Gasteiger partial charge in [-0.3, -0.25) is 4.79 Å². The summed E-state index contributed by atoms with van der Waals surface area (Å²) >= 11 is 1.28. The van der Waals surface area contributed by atoms with Crippen molar-refractivity contribution in [1.29, 1.82) is 0 Å². The minimum absolute atomic E-state index is 0.167. The van der Waals surface area contributed by atoms with Crippen molar-refractivity contribution in [2.24, 2.45) is 0 Å². The minimum Gasteiger partial charge on any atom is -0.451 e. The van der Waals surface area contributed by atoms with E-state index in [0.29, 0.717) is 17.4 Å². The maximum absolute atomic E-state index is 12.0. The zero-order valence-corrected chi connectivity index (χ0v) is 14.7. The Morgan fingerprint density at radius 3 is 2.81 bits per heavy atom. The van der Waals surface area contributed by atoms with Crippen LogP contribution in [0.4, 0.5) is 10.8 Å². The zero-order chi connectivity index (χ0) is 18.4. The first-order valence-electron chi connectivity index (χ1n) is 7.92. The molecule has 0 unspecified atom stereocenters. The third-order valence-electron chi connectivity index (χ3n) is 3.48. The number of carbonyl (C=O) groups excluding carboxylic acids is 2. The number of hydrogen-bond donors (Lipinski definition) is 2. The van der Waals surface area contributed by atoms with E-state index in [9.17, 15) is 9.59 Å². The lowest BCUT2D eigenvalue weighted by Gasteiger charge is -2.07. The van der Waals surface area contributed by atoms with Crippen LogP contribution in [0.5, 0.6) is 0 Å². The average molecular weight is 367 g/mol. The molecular formula is C19H17N3O3S. The largest absolute Gasteiger partial charge is 0.451 e. The molecule has 1 amide bonds. The maximum atomic E-state index is 12.0. The first-order valence-corrected chi connectivity index (χ1v) is 8.80. The molecular weight excluding hydrogens is 350 g/mol. The molecule has 0 fully saturated rings. The van der Waals surface area contributed by atoms with Crippen molar-refractivity contribution in [2.75, 3.05) is 23.8 Å². The molecule has 3 aromatic rings. The number of hydrogen-bond acceptors (Lipinski definition) is 6. The first-order chi connectivity index (χ1) is 12.7. The Kier molecular flexibility index (Phi) is 5.60. The van der Waals surface area contributed by atoms with Crippen LogP contribution in [0.25, 0.3) is 10.8 Å². The number of ether oxygens (including phenoxy) is 1. The van der Waals surface area contributed by atoms with Gasteiger partial charge in [0.05, 0.1) is 0 Å². The molecule has 0 spiro atoms. The average Bonchev–Trinajstić information content (AvgIpc) is 3.13. The van der Waals surface area contributed by atoms with Gasteiger partial charge in [-0.1, -0.05) is 36.4 Å². The van der Waals surface area contributed by atoms with E-state index in [0.717, 1.165) is 10.8 Å². The summed E-state index contributed by atoms with van der Waals surface area (Å²) in [6.45, 7) is 3.77. The van der Waals surface area contributed by atoms with Crippen LogP contribution in [-0.4, -0.2) is 30.0 Å². The third-order valence-corrected chi connectivity index (χ3v) is 4.28. The standard InChI is InChI=1S/C19H17N3O3S/c1-2-9-20-19-22-16(12-26-19)18(24)25-11-17(23)21-15-8-7-13-5-3-4-6-14(13)10-15/h2-8,10,12H,1,9,11H2,(H,20,22)(H,21,23). The highest BCUT2D eigenvalue weighted by molar-refractivity contribution is 7.13. The van der Waals surface area contributed by atoms with E-state index in [1.807, 2.05) is 36.4 Å². The van der Waals surface area contributed by atoms with Crippen molar-refractivity contribution >= 4 is 44.8 Å². The van der Waals surface area contributed by atoms with Gasteiger partial charge in [0.1, 0.15) is 0 Å². The number of benzene rings is 2. The third kappa shape index (κ3) is 4.46. The second-order valence-electron chi connectivity index (χ2n) is 5.39. The normalized spacial score (nSPS) is 10.3. The fraction of sp³-hybridized carbons (Fsp3) is 0.105. The lowest BCUT2D eigenvalue weighted by molar-refractivity contribution is -0.119. The molecule has 3 rings (SSSR count). The van der Waals surface area contributed by atoms with E-state index in [2.05, 4.69) is 22.2 Å². The molecule has 26 heavy (non-hydrogen) atoms. The summed E-state index contributed by atoms with van der Waals surface area (Å²) in [4.78, 5) is 28.1. The SMILES string of the molecule is C=CCNc1nc(C(=O)OCC(=O)Nc2ccc3ccccc3c2)cs1. The number of aromatic nitrogens is 1. The molecule has 6 nitrogen and oxygen atoms in total. The number of rotatable bonds is 7. The van der Waals surface area contributed by atoms with Crippen molar-refractivity contribution in [3.63, 3.8) is 0 Å². The van der Waals surface area contributed by atoms with Crippen LogP contribution in [0, 0.1) is 0 Å². The molecule has 0 radical (unpaired) electrons. The van der Waals surface area contributed by atoms with Crippen molar-refractivity contribution in [3.05, 3.63) is 66.2 Å². The van der Waals surface area contributed by atoms with Gasteiger partial charge in [0.15, 0.2) is 17.4 Å². The zero-order valence-electron chi connectivity index (χ0n) is 13.9. The molecule has 2 N–H and O–H groups in total. The lowest BCUT2D eigenvalue weighted by Crippen LogP contribution is -2.21. The van der Waals surface area contributed by atoms with Crippen LogP contribution in [0.3, 0.4) is 0 Å². The number of amides is 1. The van der Waals surface area contributed by atoms with Crippen LogP contribution in [-0.2, 0) is 9.53 Å². The van der Waals surface area contributed by atoms with E-state index in [4.69, 9.17) is 4.74 Å². The van der Waals surface area contributed by atoms with Gasteiger partial charge < -0.3 is 15.4 Å². The summed E-state index contributed by atoms with van der Waals surface area (Å²) in [5.74, 6) is -1.05. The molecule has 1 aromatic heterocycles. The van der Waals surface area contributed by atoms with Crippen molar-refractivity contribution < 1.29 is 14.3 Å². The summed E-state index contributed by atoms with van der Waals surface area (Å²) in [5, 5.41) is 9.98. The Hall–Kier alpha value is -3.19. The fourth-order valence-corrected chi connectivity index (χ4v) is 2.97. The number of nitrogens with zero attached hydrogens (tertiary/aromatic N) is 1. The summed E-state index contributed by atoms with van der Waals surface area (Å²) in [5.41, 5.74) is 0.814. The number of carbonyl (C=O) groups is 2. The Bertz CT molecular complexity index is 952. The summed E-state index contributed by atoms with van der Waals surface area (Å²) < 4.78 is 5.01. The van der Waals surface area contributed by atoms with E-state index in [-0.39, 0.29) is 12.3 Å². The number of anilines is 2. The summed E-state index contributed by atoms with van der Waals surface area (Å²) in [6.07, 6.45) is 1.69. The molecule has 0 aliphatic carbocycles. The first kappa shape index (κ1) is 17.6. The monoisotopic (exact) mass is 367 g/mol. The second kappa shape index (κ2) is 8.26. The van der Waals surface area contributed by atoms with Crippen LogP contribution >= 0.6 is 11.3 Å². The topological polar surface area (TPSA) is 80.3 Å². The van der Waals surface area contributed by atoms with Crippen molar-refractivity contribution in [3.8, 4) is 0 Å². The van der Waals surface area contributed by atoms with Crippen LogP contribution in [0.2, 0.25) is 0 Å². The number of esters is 1. The molecule has 0 saturated heterocycles. The molecule has 0 bridgehead atoms.